The van der Waals surface area contributed by atoms with Crippen LogP contribution in [0.1, 0.15) is 18.9 Å². The van der Waals surface area contributed by atoms with E-state index in [1.165, 1.54) is 0 Å². The molecule has 0 aromatic heterocycles. The summed E-state index contributed by atoms with van der Waals surface area (Å²) in [5, 5.41) is 20.4. The van der Waals surface area contributed by atoms with Crippen LogP contribution < -0.4 is 0 Å². The Morgan fingerprint density at radius 1 is 1.29 bits per heavy atom. The number of carboxylic acids is 1. The van der Waals surface area contributed by atoms with Crippen LogP contribution in [0.3, 0.4) is 0 Å². The molecule has 2 saturated heterocycles. The van der Waals surface area contributed by atoms with Crippen molar-refractivity contribution in [2.24, 2.45) is 10.8 Å². The molecule has 0 aliphatic carbocycles. The van der Waals surface area contributed by atoms with Gasteiger partial charge in [-0.2, -0.15) is 0 Å². The molecule has 3 rings (SSSR count). The average molecular weight is 333 g/mol. The predicted molar refractivity (Wildman–Crippen MR) is 86.3 cm³/mol. The second kappa shape index (κ2) is 6.18. The Bertz CT molecular complexity index is 628. The molecule has 24 heavy (non-hydrogen) atoms. The van der Waals surface area contributed by atoms with Crippen LogP contribution in [0.15, 0.2) is 30.3 Å². The quantitative estimate of drug-likeness (QED) is 0.856. The zero-order valence-corrected chi connectivity index (χ0v) is 13.8. The molecule has 2 N–H and O–H groups in total. The number of carboxylic acid groups (broad SMARTS) is 1. The van der Waals surface area contributed by atoms with E-state index in [2.05, 4.69) is 0 Å². The molecule has 2 fully saturated rings. The van der Waals surface area contributed by atoms with Gasteiger partial charge in [-0.05, 0) is 25.3 Å². The molecule has 6 nitrogen and oxygen atoms in total. The molecule has 2 aliphatic heterocycles. The van der Waals surface area contributed by atoms with Crippen LogP contribution in [-0.2, 0) is 20.7 Å². The van der Waals surface area contributed by atoms with Crippen LogP contribution in [0.2, 0.25) is 0 Å². The second-order valence-corrected chi connectivity index (χ2v) is 7.21. The summed E-state index contributed by atoms with van der Waals surface area (Å²) in [4.78, 5) is 26.4. The van der Waals surface area contributed by atoms with Gasteiger partial charge in [0.05, 0.1) is 24.7 Å². The van der Waals surface area contributed by atoms with Crippen molar-refractivity contribution in [2.75, 3.05) is 26.3 Å². The highest BCUT2D eigenvalue weighted by Gasteiger charge is 2.53. The molecule has 0 spiro atoms. The van der Waals surface area contributed by atoms with Gasteiger partial charge in [0.1, 0.15) is 5.41 Å². The lowest BCUT2D eigenvalue weighted by Crippen LogP contribution is -2.62. The summed E-state index contributed by atoms with van der Waals surface area (Å²) in [7, 11) is 0. The smallest absolute Gasteiger partial charge is 0.314 e. The molecule has 0 unspecified atom stereocenters. The third-order valence-corrected chi connectivity index (χ3v) is 5.22. The zero-order chi connectivity index (χ0) is 17.4. The first-order valence-corrected chi connectivity index (χ1v) is 8.20. The highest BCUT2D eigenvalue weighted by atomic mass is 16.5. The van der Waals surface area contributed by atoms with Crippen molar-refractivity contribution < 1.29 is 24.5 Å². The molecular weight excluding hydrogens is 310 g/mol. The van der Waals surface area contributed by atoms with Crippen molar-refractivity contribution >= 4 is 11.9 Å². The highest BCUT2D eigenvalue weighted by Crippen LogP contribution is 2.38. The molecule has 130 valence electrons. The number of likely N-dealkylation sites (tertiary alicyclic amines) is 1. The normalized spacial score (nSPS) is 28.9. The zero-order valence-electron chi connectivity index (χ0n) is 13.8. The lowest BCUT2D eigenvalue weighted by Gasteiger charge is -2.47. The summed E-state index contributed by atoms with van der Waals surface area (Å²) in [6.45, 7) is 2.96. The number of ether oxygens (including phenoxy) is 1. The van der Waals surface area contributed by atoms with E-state index in [1.54, 1.807) is 4.90 Å². The van der Waals surface area contributed by atoms with Crippen molar-refractivity contribution in [2.45, 2.75) is 25.9 Å². The summed E-state index contributed by atoms with van der Waals surface area (Å²) in [5.74, 6) is -1.15. The minimum absolute atomic E-state index is 0.0207. The van der Waals surface area contributed by atoms with Crippen molar-refractivity contribution in [1.82, 2.24) is 4.90 Å². The molecule has 1 amide bonds. The second-order valence-electron chi connectivity index (χ2n) is 7.21. The van der Waals surface area contributed by atoms with Gasteiger partial charge in [-0.1, -0.05) is 30.3 Å². The molecule has 2 aliphatic rings. The summed E-state index contributed by atoms with van der Waals surface area (Å²) >= 11 is 0. The van der Waals surface area contributed by atoms with E-state index in [0.29, 0.717) is 19.8 Å². The molecule has 1 aromatic carbocycles. The summed E-state index contributed by atoms with van der Waals surface area (Å²) < 4.78 is 5.15. The SMILES string of the molecule is CC1(C(=O)N2CC[C@H](O)[C@](Cc3ccccc3)(C(=O)O)C2)COC1. The molecule has 0 radical (unpaired) electrons. The summed E-state index contributed by atoms with van der Waals surface area (Å²) in [5.41, 5.74) is -1.11. The van der Waals surface area contributed by atoms with Gasteiger partial charge in [0.25, 0.3) is 0 Å². The maximum Gasteiger partial charge on any atom is 0.314 e. The minimum Gasteiger partial charge on any atom is -0.481 e. The number of aliphatic hydroxyl groups is 1. The van der Waals surface area contributed by atoms with Crippen LogP contribution in [0.25, 0.3) is 0 Å². The van der Waals surface area contributed by atoms with Gasteiger partial charge in [0, 0.05) is 13.1 Å². The predicted octanol–water partition coefficient (Wildman–Crippen LogP) is 0.930. The first-order chi connectivity index (χ1) is 11.4. The molecule has 0 bridgehead atoms. The monoisotopic (exact) mass is 333 g/mol. The lowest BCUT2D eigenvalue weighted by molar-refractivity contribution is -0.180. The summed E-state index contributed by atoms with van der Waals surface area (Å²) in [6.07, 6.45) is -0.520. The molecule has 2 atom stereocenters. The van der Waals surface area contributed by atoms with E-state index >= 15 is 0 Å². The number of hydrogen-bond acceptors (Lipinski definition) is 4. The summed E-state index contributed by atoms with van der Waals surface area (Å²) in [6, 6.07) is 9.24. The van der Waals surface area contributed by atoms with Crippen LogP contribution in [0.5, 0.6) is 0 Å². The molecule has 2 heterocycles. The Morgan fingerprint density at radius 2 is 1.96 bits per heavy atom. The van der Waals surface area contributed by atoms with Crippen molar-refractivity contribution in [3.05, 3.63) is 35.9 Å². The van der Waals surface area contributed by atoms with E-state index in [0.717, 1.165) is 5.56 Å². The molecule has 6 heteroatoms. The number of carbonyl (C=O) groups excluding carboxylic acids is 1. The van der Waals surface area contributed by atoms with Gasteiger partial charge in [0.2, 0.25) is 5.91 Å². The third kappa shape index (κ3) is 2.80. The van der Waals surface area contributed by atoms with Gasteiger partial charge >= 0.3 is 5.97 Å². The van der Waals surface area contributed by atoms with Crippen LogP contribution in [-0.4, -0.2) is 59.4 Å². The Balaban J connectivity index is 1.86. The number of benzene rings is 1. The van der Waals surface area contributed by atoms with Gasteiger partial charge < -0.3 is 19.8 Å². The van der Waals surface area contributed by atoms with Crippen molar-refractivity contribution in [3.8, 4) is 0 Å². The van der Waals surface area contributed by atoms with Crippen molar-refractivity contribution in [3.63, 3.8) is 0 Å². The van der Waals surface area contributed by atoms with E-state index in [1.807, 2.05) is 37.3 Å². The molecular formula is C18H23NO5. The number of rotatable bonds is 4. The van der Waals surface area contributed by atoms with E-state index in [4.69, 9.17) is 4.74 Å². The topological polar surface area (TPSA) is 87.1 Å². The maximum absolute atomic E-state index is 12.7. The first kappa shape index (κ1) is 16.9. The number of amides is 1. The maximum atomic E-state index is 12.7. The standard InChI is InChI=1S/C18H23NO5/c1-17(11-24-12-17)15(21)19-8-7-14(20)18(10-19,16(22)23)9-13-5-3-2-4-6-13/h2-6,14,20H,7-12H2,1H3,(H,22,23)/t14-,18+/m0/s1. The van der Waals surface area contributed by atoms with Crippen LogP contribution in [0.4, 0.5) is 0 Å². The number of hydrogen-bond donors (Lipinski definition) is 2. The fourth-order valence-corrected chi connectivity index (χ4v) is 3.59. The van der Waals surface area contributed by atoms with Crippen LogP contribution in [0, 0.1) is 10.8 Å². The number of piperidine rings is 1. The number of aliphatic carboxylic acids is 1. The fourth-order valence-electron chi connectivity index (χ4n) is 3.59. The van der Waals surface area contributed by atoms with Gasteiger partial charge in [-0.3, -0.25) is 9.59 Å². The molecule has 0 saturated carbocycles. The lowest BCUT2D eigenvalue weighted by atomic mass is 9.72. The Kier molecular flexibility index (Phi) is 4.36. The van der Waals surface area contributed by atoms with E-state index < -0.39 is 22.9 Å². The van der Waals surface area contributed by atoms with Crippen molar-refractivity contribution in [1.29, 1.82) is 0 Å². The average Bonchev–Trinajstić information content (AvgIpc) is 2.55. The van der Waals surface area contributed by atoms with Gasteiger partial charge in [0.15, 0.2) is 0 Å². The number of aliphatic hydroxyl groups excluding tert-OH is 1. The van der Waals surface area contributed by atoms with Gasteiger partial charge in [-0.25, -0.2) is 0 Å². The van der Waals surface area contributed by atoms with Crippen LogP contribution >= 0.6 is 0 Å². The Labute approximate surface area is 141 Å². The fraction of sp³-hybridized carbons (Fsp3) is 0.556. The largest absolute Gasteiger partial charge is 0.481 e. The minimum atomic E-state index is -1.38. The number of carbonyl (C=O) groups is 2. The Morgan fingerprint density at radius 3 is 2.50 bits per heavy atom. The first-order valence-electron chi connectivity index (χ1n) is 8.20. The van der Waals surface area contributed by atoms with E-state index in [9.17, 15) is 19.8 Å². The van der Waals surface area contributed by atoms with E-state index in [-0.39, 0.29) is 25.3 Å². The highest BCUT2D eigenvalue weighted by molar-refractivity contribution is 5.85. The molecule has 1 aromatic rings. The van der Waals surface area contributed by atoms with Gasteiger partial charge in [-0.15, -0.1) is 0 Å². The Hall–Kier alpha value is -1.92. The number of nitrogens with zero attached hydrogens (tertiary/aromatic N) is 1. The third-order valence-electron chi connectivity index (χ3n) is 5.22.